The molecule has 1 aromatic rings. The molecule has 1 saturated carbocycles. The van der Waals surface area contributed by atoms with Gasteiger partial charge in [0.2, 0.25) is 5.88 Å². The number of hydrogen-bond acceptors (Lipinski definition) is 3. The van der Waals surface area contributed by atoms with E-state index >= 15 is 0 Å². The lowest BCUT2D eigenvalue weighted by atomic mass is 9.85. The van der Waals surface area contributed by atoms with Gasteiger partial charge in [0, 0.05) is 17.8 Å². The molecule has 2 rings (SSSR count). The molecule has 1 heterocycles. The van der Waals surface area contributed by atoms with Gasteiger partial charge in [-0.1, -0.05) is 19.4 Å². The topological polar surface area (TPSA) is 48.1 Å². The maximum Gasteiger partial charge on any atom is 0.218 e. The Morgan fingerprint density at radius 2 is 2.11 bits per heavy atom. The van der Waals surface area contributed by atoms with Crippen LogP contribution in [0.25, 0.3) is 0 Å². The molecular weight excluding hydrogens is 224 g/mol. The molecule has 2 unspecified atom stereocenters. The molecule has 18 heavy (non-hydrogen) atoms. The first-order chi connectivity index (χ1) is 8.74. The van der Waals surface area contributed by atoms with Crippen molar-refractivity contribution in [2.75, 3.05) is 0 Å². The largest absolute Gasteiger partial charge is 0.474 e. The normalized spacial score (nSPS) is 23.9. The van der Waals surface area contributed by atoms with Crippen molar-refractivity contribution in [3.05, 3.63) is 23.4 Å². The molecule has 1 aromatic heterocycles. The fourth-order valence-corrected chi connectivity index (χ4v) is 2.76. The van der Waals surface area contributed by atoms with Crippen LogP contribution in [0.4, 0.5) is 0 Å². The highest BCUT2D eigenvalue weighted by molar-refractivity contribution is 5.28. The number of nitrogens with zero attached hydrogens (tertiary/aromatic N) is 1. The Labute approximate surface area is 110 Å². The van der Waals surface area contributed by atoms with Gasteiger partial charge in [-0.15, -0.1) is 0 Å². The summed E-state index contributed by atoms with van der Waals surface area (Å²) in [5.41, 5.74) is 7.76. The summed E-state index contributed by atoms with van der Waals surface area (Å²) in [6.45, 7) is 4.73. The van der Waals surface area contributed by atoms with Gasteiger partial charge in [-0.3, -0.25) is 0 Å². The van der Waals surface area contributed by atoms with Gasteiger partial charge in [0.05, 0.1) is 0 Å². The van der Waals surface area contributed by atoms with Crippen LogP contribution in [0.3, 0.4) is 0 Å². The molecule has 2 atom stereocenters. The summed E-state index contributed by atoms with van der Waals surface area (Å²) in [4.78, 5) is 4.50. The van der Waals surface area contributed by atoms with Crippen molar-refractivity contribution < 1.29 is 4.74 Å². The lowest BCUT2D eigenvalue weighted by Gasteiger charge is -2.31. The highest BCUT2D eigenvalue weighted by atomic mass is 16.5. The third-order valence-electron chi connectivity index (χ3n) is 3.92. The quantitative estimate of drug-likeness (QED) is 0.890. The Bertz CT molecular complexity index is 392. The minimum atomic E-state index is 0.323. The Morgan fingerprint density at radius 1 is 1.33 bits per heavy atom. The highest BCUT2D eigenvalue weighted by Crippen LogP contribution is 2.31. The van der Waals surface area contributed by atoms with Crippen LogP contribution in [0.1, 0.15) is 50.3 Å². The molecule has 2 N–H and O–H groups in total. The van der Waals surface area contributed by atoms with E-state index in [1.165, 1.54) is 25.7 Å². The van der Waals surface area contributed by atoms with Gasteiger partial charge in [0.25, 0.3) is 0 Å². The van der Waals surface area contributed by atoms with Gasteiger partial charge in [-0.25, -0.2) is 4.98 Å². The summed E-state index contributed by atoms with van der Waals surface area (Å²) in [5.74, 6) is 1.43. The Hall–Kier alpha value is -1.09. The van der Waals surface area contributed by atoms with E-state index in [9.17, 15) is 0 Å². The maximum atomic E-state index is 6.17. The number of nitrogens with two attached hydrogens (primary N) is 1. The summed E-state index contributed by atoms with van der Waals surface area (Å²) >= 11 is 0. The summed E-state index contributed by atoms with van der Waals surface area (Å²) < 4.78 is 6.17. The van der Waals surface area contributed by atoms with Crippen LogP contribution in [0.2, 0.25) is 0 Å². The molecular formula is C15H24N2O. The summed E-state index contributed by atoms with van der Waals surface area (Å²) in [7, 11) is 0. The van der Waals surface area contributed by atoms with Crippen LogP contribution in [0, 0.1) is 12.8 Å². The van der Waals surface area contributed by atoms with E-state index in [2.05, 4.69) is 11.9 Å². The molecule has 0 spiro atoms. The van der Waals surface area contributed by atoms with Crippen LogP contribution < -0.4 is 10.5 Å². The predicted molar refractivity (Wildman–Crippen MR) is 73.5 cm³/mol. The molecule has 0 aromatic carbocycles. The van der Waals surface area contributed by atoms with E-state index in [4.69, 9.17) is 10.5 Å². The van der Waals surface area contributed by atoms with Gasteiger partial charge in [0.1, 0.15) is 6.10 Å². The number of ether oxygens (including phenoxy) is 1. The monoisotopic (exact) mass is 248 g/mol. The van der Waals surface area contributed by atoms with E-state index in [0.29, 0.717) is 18.6 Å². The molecule has 0 saturated heterocycles. The minimum Gasteiger partial charge on any atom is -0.474 e. The maximum absolute atomic E-state index is 6.17. The molecule has 1 aliphatic carbocycles. The lowest BCUT2D eigenvalue weighted by Crippen LogP contribution is -2.30. The fraction of sp³-hybridized carbons (Fsp3) is 0.667. The molecule has 0 amide bonds. The van der Waals surface area contributed by atoms with Crippen molar-refractivity contribution in [1.82, 2.24) is 4.98 Å². The zero-order valence-electron chi connectivity index (χ0n) is 11.5. The first kappa shape index (κ1) is 13.3. The van der Waals surface area contributed by atoms with Gasteiger partial charge in [-0.2, -0.15) is 0 Å². The number of pyridine rings is 1. The van der Waals surface area contributed by atoms with Crippen LogP contribution in [-0.2, 0) is 6.54 Å². The number of rotatable bonds is 4. The van der Waals surface area contributed by atoms with Crippen molar-refractivity contribution in [2.45, 2.75) is 58.6 Å². The van der Waals surface area contributed by atoms with Crippen molar-refractivity contribution in [1.29, 1.82) is 0 Å². The Balaban J connectivity index is 2.14. The highest BCUT2D eigenvalue weighted by Gasteiger charge is 2.26. The minimum absolute atomic E-state index is 0.323. The van der Waals surface area contributed by atoms with E-state index < -0.39 is 0 Å². The number of hydrogen-bond donors (Lipinski definition) is 1. The smallest absolute Gasteiger partial charge is 0.218 e. The average Bonchev–Trinajstić information content (AvgIpc) is 2.40. The van der Waals surface area contributed by atoms with Crippen LogP contribution in [0.15, 0.2) is 12.1 Å². The van der Waals surface area contributed by atoms with Crippen LogP contribution in [0.5, 0.6) is 5.88 Å². The fourth-order valence-electron chi connectivity index (χ4n) is 2.76. The van der Waals surface area contributed by atoms with E-state index in [-0.39, 0.29) is 0 Å². The first-order valence-corrected chi connectivity index (χ1v) is 7.07. The average molecular weight is 248 g/mol. The predicted octanol–water partition coefficient (Wildman–Crippen LogP) is 3.20. The molecule has 0 bridgehead atoms. The summed E-state index contributed by atoms with van der Waals surface area (Å²) in [6, 6.07) is 4.02. The molecule has 3 nitrogen and oxygen atoms in total. The second-order valence-corrected chi connectivity index (χ2v) is 5.23. The van der Waals surface area contributed by atoms with E-state index in [1.807, 2.05) is 19.1 Å². The first-order valence-electron chi connectivity index (χ1n) is 7.07. The third kappa shape index (κ3) is 3.02. The van der Waals surface area contributed by atoms with E-state index in [1.54, 1.807) is 0 Å². The van der Waals surface area contributed by atoms with Crippen molar-refractivity contribution in [2.24, 2.45) is 11.7 Å². The molecule has 0 radical (unpaired) electrons. The molecule has 100 valence electrons. The second-order valence-electron chi connectivity index (χ2n) is 5.23. The lowest BCUT2D eigenvalue weighted by molar-refractivity contribution is 0.0846. The third-order valence-corrected chi connectivity index (χ3v) is 3.92. The van der Waals surface area contributed by atoms with Crippen molar-refractivity contribution in [3.8, 4) is 5.88 Å². The van der Waals surface area contributed by atoms with Gasteiger partial charge in [0.15, 0.2) is 0 Å². The SMILES string of the molecule is CCC1CCCCC1Oc1nc(C)ccc1CN. The number of aromatic nitrogens is 1. The summed E-state index contributed by atoms with van der Waals surface area (Å²) in [6.07, 6.45) is 6.55. The molecule has 3 heteroatoms. The molecule has 0 aliphatic heterocycles. The number of aryl methyl sites for hydroxylation is 1. The van der Waals surface area contributed by atoms with Crippen LogP contribution >= 0.6 is 0 Å². The van der Waals surface area contributed by atoms with Crippen molar-refractivity contribution >= 4 is 0 Å². The Kier molecular flexibility index (Phi) is 4.59. The zero-order valence-corrected chi connectivity index (χ0v) is 11.5. The van der Waals surface area contributed by atoms with Gasteiger partial charge in [-0.05, 0) is 44.6 Å². The van der Waals surface area contributed by atoms with Gasteiger partial charge < -0.3 is 10.5 Å². The standard InChI is InChI=1S/C15H24N2O/c1-3-12-6-4-5-7-14(12)18-15-13(10-16)9-8-11(2)17-15/h8-9,12,14H,3-7,10,16H2,1-2H3. The van der Waals surface area contributed by atoms with E-state index in [0.717, 1.165) is 23.6 Å². The zero-order chi connectivity index (χ0) is 13.0. The van der Waals surface area contributed by atoms with Crippen molar-refractivity contribution in [3.63, 3.8) is 0 Å². The van der Waals surface area contributed by atoms with Crippen LogP contribution in [-0.4, -0.2) is 11.1 Å². The molecule has 1 fully saturated rings. The second kappa shape index (κ2) is 6.19. The molecule has 1 aliphatic rings. The van der Waals surface area contributed by atoms with Gasteiger partial charge >= 0.3 is 0 Å². The Morgan fingerprint density at radius 3 is 2.83 bits per heavy atom. The summed E-state index contributed by atoms with van der Waals surface area (Å²) in [5, 5.41) is 0.